The molecule has 1 atom stereocenters. The topological polar surface area (TPSA) is 176 Å². The molecular formula is C21H25N3O9S. The Morgan fingerprint density at radius 1 is 1.18 bits per heavy atom. The van der Waals surface area contributed by atoms with Crippen LogP contribution in [0, 0.1) is 0 Å². The lowest BCUT2D eigenvalue weighted by atomic mass is 10.0. The average Bonchev–Trinajstić information content (AvgIpc) is 3.09. The first-order chi connectivity index (χ1) is 16.1. The number of carboxylic acid groups (broad SMARTS) is 1. The number of piperidine rings is 1. The van der Waals surface area contributed by atoms with Gasteiger partial charge in [-0.2, -0.15) is 0 Å². The van der Waals surface area contributed by atoms with Gasteiger partial charge in [0.15, 0.2) is 9.84 Å². The fourth-order valence-electron chi connectivity index (χ4n) is 3.79. The number of hydrogen-bond acceptors (Lipinski definition) is 8. The Balaban J connectivity index is 1.57. The lowest BCUT2D eigenvalue weighted by Crippen LogP contribution is -2.52. The van der Waals surface area contributed by atoms with Crippen LogP contribution in [-0.2, 0) is 40.3 Å². The molecule has 0 aliphatic carbocycles. The van der Waals surface area contributed by atoms with Gasteiger partial charge in [-0.05, 0) is 18.6 Å². The van der Waals surface area contributed by atoms with Crippen molar-refractivity contribution in [3.8, 4) is 0 Å². The molecule has 4 amide bonds. The van der Waals surface area contributed by atoms with E-state index in [9.17, 15) is 32.4 Å². The summed E-state index contributed by atoms with van der Waals surface area (Å²) in [5, 5.41) is 13.1. The Hall–Kier alpha value is -3.32. The molecule has 2 aliphatic rings. The van der Waals surface area contributed by atoms with Gasteiger partial charge in [-0.3, -0.25) is 29.3 Å². The van der Waals surface area contributed by atoms with E-state index in [-0.39, 0.29) is 68.2 Å². The van der Waals surface area contributed by atoms with Crippen LogP contribution in [0.4, 0.5) is 0 Å². The number of rotatable bonds is 11. The van der Waals surface area contributed by atoms with Crippen molar-refractivity contribution in [3.05, 3.63) is 29.3 Å². The Morgan fingerprint density at radius 2 is 1.94 bits per heavy atom. The molecule has 184 valence electrons. The number of fused-ring (bicyclic) bond motifs is 1. The van der Waals surface area contributed by atoms with Gasteiger partial charge < -0.3 is 20.1 Å². The number of amides is 4. The van der Waals surface area contributed by atoms with Gasteiger partial charge in [0.05, 0.1) is 30.3 Å². The van der Waals surface area contributed by atoms with Crippen molar-refractivity contribution in [2.45, 2.75) is 43.2 Å². The SMILES string of the molecule is O=C(O)CCNC(=O)CCOCCS(=O)(=O)c1cccc2c1CN(C1CCC(=O)NC1=O)C2=O. The van der Waals surface area contributed by atoms with Crippen LogP contribution in [0.5, 0.6) is 0 Å². The molecule has 0 spiro atoms. The molecule has 13 heteroatoms. The second-order valence-electron chi connectivity index (χ2n) is 7.86. The normalized spacial score (nSPS) is 17.9. The zero-order valence-corrected chi connectivity index (χ0v) is 19.1. The summed E-state index contributed by atoms with van der Waals surface area (Å²) in [4.78, 5) is 59.7. The van der Waals surface area contributed by atoms with Crippen molar-refractivity contribution in [3.63, 3.8) is 0 Å². The smallest absolute Gasteiger partial charge is 0.305 e. The van der Waals surface area contributed by atoms with Crippen LogP contribution in [0.25, 0.3) is 0 Å². The predicted molar refractivity (Wildman–Crippen MR) is 115 cm³/mol. The maximum Gasteiger partial charge on any atom is 0.305 e. The highest BCUT2D eigenvalue weighted by molar-refractivity contribution is 7.91. The number of imide groups is 1. The molecular weight excluding hydrogens is 470 g/mol. The number of benzene rings is 1. The molecule has 1 aromatic carbocycles. The summed E-state index contributed by atoms with van der Waals surface area (Å²) in [5.41, 5.74) is 0.500. The zero-order chi connectivity index (χ0) is 24.9. The Kier molecular flexibility index (Phi) is 7.99. The van der Waals surface area contributed by atoms with E-state index in [1.54, 1.807) is 0 Å². The van der Waals surface area contributed by atoms with Crippen LogP contribution in [0.2, 0.25) is 0 Å². The van der Waals surface area contributed by atoms with E-state index in [0.717, 1.165) is 0 Å². The molecule has 34 heavy (non-hydrogen) atoms. The van der Waals surface area contributed by atoms with Crippen molar-refractivity contribution in [1.82, 2.24) is 15.5 Å². The third kappa shape index (κ3) is 5.97. The minimum atomic E-state index is -3.83. The van der Waals surface area contributed by atoms with Crippen LogP contribution in [0.1, 0.15) is 41.6 Å². The van der Waals surface area contributed by atoms with Crippen molar-refractivity contribution in [1.29, 1.82) is 0 Å². The van der Waals surface area contributed by atoms with Gasteiger partial charge in [0.25, 0.3) is 5.91 Å². The highest BCUT2D eigenvalue weighted by atomic mass is 32.2. The zero-order valence-electron chi connectivity index (χ0n) is 18.2. The third-order valence-corrected chi connectivity index (χ3v) is 7.26. The molecule has 2 heterocycles. The van der Waals surface area contributed by atoms with Gasteiger partial charge >= 0.3 is 5.97 Å². The molecule has 3 rings (SSSR count). The summed E-state index contributed by atoms with van der Waals surface area (Å²) >= 11 is 0. The number of carbonyl (C=O) groups excluding carboxylic acids is 4. The lowest BCUT2D eigenvalue weighted by molar-refractivity contribution is -0.138. The van der Waals surface area contributed by atoms with Gasteiger partial charge in [-0.1, -0.05) is 6.07 Å². The molecule has 3 N–H and O–H groups in total. The Bertz CT molecular complexity index is 1120. The quantitative estimate of drug-likeness (QED) is 0.262. The van der Waals surface area contributed by atoms with Crippen molar-refractivity contribution < 1.29 is 42.2 Å². The number of aliphatic carboxylic acids is 1. The largest absolute Gasteiger partial charge is 0.481 e. The van der Waals surface area contributed by atoms with E-state index in [4.69, 9.17) is 9.84 Å². The minimum absolute atomic E-state index is 0.00374. The highest BCUT2D eigenvalue weighted by Gasteiger charge is 2.41. The molecule has 0 bridgehead atoms. The minimum Gasteiger partial charge on any atom is -0.481 e. The van der Waals surface area contributed by atoms with Gasteiger partial charge in [0, 0.05) is 37.1 Å². The van der Waals surface area contributed by atoms with Crippen LogP contribution in [0.15, 0.2) is 23.1 Å². The van der Waals surface area contributed by atoms with Gasteiger partial charge in [-0.15, -0.1) is 0 Å². The van der Waals surface area contributed by atoms with E-state index in [0.29, 0.717) is 5.56 Å². The van der Waals surface area contributed by atoms with Gasteiger partial charge in [-0.25, -0.2) is 8.42 Å². The molecule has 2 aliphatic heterocycles. The Morgan fingerprint density at radius 3 is 2.65 bits per heavy atom. The van der Waals surface area contributed by atoms with E-state index in [2.05, 4.69) is 10.6 Å². The first kappa shape index (κ1) is 25.3. The Labute approximate surface area is 195 Å². The van der Waals surface area contributed by atoms with Gasteiger partial charge in [0.1, 0.15) is 6.04 Å². The maximum absolute atomic E-state index is 12.9. The first-order valence-electron chi connectivity index (χ1n) is 10.7. The summed E-state index contributed by atoms with van der Waals surface area (Å²) in [6.45, 7) is -0.286. The fraction of sp³-hybridized carbons (Fsp3) is 0.476. The molecule has 0 aromatic heterocycles. The van der Waals surface area contributed by atoms with Crippen molar-refractivity contribution in [2.24, 2.45) is 0 Å². The molecule has 0 radical (unpaired) electrons. The number of hydrogen-bond donors (Lipinski definition) is 3. The number of nitrogens with zero attached hydrogens (tertiary/aromatic N) is 1. The molecule has 12 nitrogen and oxygen atoms in total. The monoisotopic (exact) mass is 495 g/mol. The number of carbonyl (C=O) groups is 5. The van der Waals surface area contributed by atoms with Crippen LogP contribution in [-0.4, -0.2) is 79.6 Å². The van der Waals surface area contributed by atoms with E-state index in [1.165, 1.54) is 23.1 Å². The third-order valence-electron chi connectivity index (χ3n) is 5.51. The summed E-state index contributed by atoms with van der Waals surface area (Å²) in [7, 11) is -3.83. The van der Waals surface area contributed by atoms with Crippen LogP contribution in [0.3, 0.4) is 0 Å². The molecule has 1 unspecified atom stereocenters. The average molecular weight is 496 g/mol. The summed E-state index contributed by atoms with van der Waals surface area (Å²) in [6, 6.07) is 3.51. The second kappa shape index (κ2) is 10.7. The van der Waals surface area contributed by atoms with E-state index in [1.807, 2.05) is 0 Å². The highest BCUT2D eigenvalue weighted by Crippen LogP contribution is 2.32. The van der Waals surface area contributed by atoms with Crippen molar-refractivity contribution in [2.75, 3.05) is 25.5 Å². The molecule has 1 aromatic rings. The van der Waals surface area contributed by atoms with Crippen LogP contribution >= 0.6 is 0 Å². The van der Waals surface area contributed by atoms with Crippen molar-refractivity contribution >= 4 is 39.4 Å². The molecule has 0 saturated carbocycles. The summed E-state index contributed by atoms with van der Waals surface area (Å²) in [6.07, 6.45) is 0.0202. The molecule has 1 fully saturated rings. The molecule has 1 saturated heterocycles. The number of nitrogens with one attached hydrogen (secondary N) is 2. The predicted octanol–water partition coefficient (Wildman–Crippen LogP) is -0.781. The lowest BCUT2D eigenvalue weighted by Gasteiger charge is -2.29. The number of carboxylic acids is 1. The summed E-state index contributed by atoms with van der Waals surface area (Å²) < 4.78 is 31.1. The number of sulfone groups is 1. The maximum atomic E-state index is 12.9. The fourth-order valence-corrected chi connectivity index (χ4v) is 5.18. The van der Waals surface area contributed by atoms with Crippen LogP contribution < -0.4 is 10.6 Å². The van der Waals surface area contributed by atoms with Gasteiger partial charge in [0.2, 0.25) is 17.7 Å². The standard InChI is InChI=1S/C21H25N3O9S/c25-17(22-8-6-19(27)28)7-9-33-10-11-34(31,32)16-3-1-2-13-14(16)12-24(21(13)30)15-4-5-18(26)23-20(15)29/h1-3,15H,4-12H2,(H,22,25)(H,27,28)(H,23,26,29). The van der Waals surface area contributed by atoms with E-state index >= 15 is 0 Å². The first-order valence-corrected chi connectivity index (χ1v) is 12.3. The van der Waals surface area contributed by atoms with E-state index < -0.39 is 45.5 Å². The number of ether oxygens (including phenoxy) is 1. The summed E-state index contributed by atoms with van der Waals surface area (Å²) in [5.74, 6) is -3.27. The second-order valence-corrected chi connectivity index (χ2v) is 9.93.